The Bertz CT molecular complexity index is 150. The fraction of sp³-hybridized carbons (Fsp3) is 1.00. The van der Waals surface area contributed by atoms with Gasteiger partial charge < -0.3 is 0 Å². The Morgan fingerprint density at radius 2 is 1.75 bits per heavy atom. The summed E-state index contributed by atoms with van der Waals surface area (Å²) in [5.74, 6) is 2.91. The van der Waals surface area contributed by atoms with E-state index in [1.807, 2.05) is 0 Å². The Kier molecular flexibility index (Phi) is 2.85. The van der Waals surface area contributed by atoms with E-state index in [-0.39, 0.29) is 0 Å². The van der Waals surface area contributed by atoms with Crippen LogP contribution in [0.15, 0.2) is 0 Å². The summed E-state index contributed by atoms with van der Waals surface area (Å²) in [6.45, 7) is 12.0. The van der Waals surface area contributed by atoms with Crippen LogP contribution in [0.2, 0.25) is 0 Å². The maximum absolute atomic E-state index is 2.48. The van der Waals surface area contributed by atoms with Crippen LogP contribution in [-0.2, 0) is 0 Å². The fourth-order valence-electron chi connectivity index (χ4n) is 3.26. The molecule has 0 aliphatic heterocycles. The molecule has 0 bridgehead atoms. The largest absolute Gasteiger partial charge is 0.0654 e. The van der Waals surface area contributed by atoms with Gasteiger partial charge in [0.25, 0.3) is 0 Å². The molecule has 1 aliphatic carbocycles. The van der Waals surface area contributed by atoms with Gasteiger partial charge >= 0.3 is 0 Å². The van der Waals surface area contributed by atoms with Gasteiger partial charge in [0.2, 0.25) is 0 Å². The van der Waals surface area contributed by atoms with Gasteiger partial charge in [-0.25, -0.2) is 0 Å². The molecular formula is C12H24. The Hall–Kier alpha value is 0. The van der Waals surface area contributed by atoms with Crippen LogP contribution in [0.1, 0.15) is 53.9 Å². The minimum atomic E-state index is 0.662. The molecule has 0 N–H and O–H groups in total. The van der Waals surface area contributed by atoms with E-state index in [1.165, 1.54) is 19.3 Å². The van der Waals surface area contributed by atoms with E-state index in [0.717, 1.165) is 17.8 Å². The fourth-order valence-corrected chi connectivity index (χ4v) is 3.26. The van der Waals surface area contributed by atoms with E-state index in [2.05, 4.69) is 34.6 Å². The highest BCUT2D eigenvalue weighted by molar-refractivity contribution is 5.00. The zero-order valence-corrected chi connectivity index (χ0v) is 9.35. The second kappa shape index (κ2) is 3.40. The lowest BCUT2D eigenvalue weighted by Gasteiger charge is -2.58. The summed E-state index contributed by atoms with van der Waals surface area (Å²) >= 11 is 0. The summed E-state index contributed by atoms with van der Waals surface area (Å²) < 4.78 is 0. The van der Waals surface area contributed by atoms with Crippen molar-refractivity contribution >= 4 is 0 Å². The first-order chi connectivity index (χ1) is 5.57. The third kappa shape index (κ3) is 1.20. The molecule has 0 aromatic carbocycles. The minimum Gasteiger partial charge on any atom is -0.0654 e. The Labute approximate surface area is 77.7 Å². The molecule has 0 aromatic rings. The second-order valence-corrected chi connectivity index (χ2v) is 4.90. The van der Waals surface area contributed by atoms with Gasteiger partial charge in [-0.2, -0.15) is 0 Å². The van der Waals surface area contributed by atoms with Gasteiger partial charge in [-0.3, -0.25) is 0 Å². The van der Waals surface area contributed by atoms with Gasteiger partial charge in [-0.1, -0.05) is 47.5 Å². The predicted octanol–water partition coefficient (Wildman–Crippen LogP) is 4.10. The van der Waals surface area contributed by atoms with Crippen molar-refractivity contribution < 1.29 is 0 Å². The van der Waals surface area contributed by atoms with Crippen LogP contribution in [-0.4, -0.2) is 0 Å². The van der Waals surface area contributed by atoms with Crippen molar-refractivity contribution in [2.45, 2.75) is 53.9 Å². The van der Waals surface area contributed by atoms with Crippen molar-refractivity contribution in [1.82, 2.24) is 0 Å². The van der Waals surface area contributed by atoms with Gasteiger partial charge in [0, 0.05) is 0 Å². The molecule has 12 heavy (non-hydrogen) atoms. The normalized spacial score (nSPS) is 47.2. The minimum absolute atomic E-state index is 0.662. The molecule has 1 rings (SSSR count). The van der Waals surface area contributed by atoms with Gasteiger partial charge in [0.05, 0.1) is 0 Å². The molecule has 0 amide bonds. The van der Waals surface area contributed by atoms with E-state index >= 15 is 0 Å². The van der Waals surface area contributed by atoms with Crippen LogP contribution in [0, 0.1) is 23.2 Å². The predicted molar refractivity (Wildman–Crippen MR) is 55.1 cm³/mol. The van der Waals surface area contributed by atoms with Gasteiger partial charge in [0.1, 0.15) is 0 Å². The van der Waals surface area contributed by atoms with Crippen molar-refractivity contribution in [3.8, 4) is 0 Å². The smallest absolute Gasteiger partial charge is 0.0269 e. The molecule has 1 aliphatic rings. The van der Waals surface area contributed by atoms with Crippen molar-refractivity contribution in [2.24, 2.45) is 23.2 Å². The van der Waals surface area contributed by atoms with Gasteiger partial charge in [0.15, 0.2) is 0 Å². The molecule has 0 aromatic heterocycles. The maximum atomic E-state index is 2.48. The topological polar surface area (TPSA) is 0 Å². The average molecular weight is 168 g/mol. The summed E-state index contributed by atoms with van der Waals surface area (Å²) in [5, 5.41) is 0. The molecule has 0 radical (unpaired) electrons. The van der Waals surface area contributed by atoms with Crippen LogP contribution in [0.4, 0.5) is 0 Å². The standard InChI is InChI=1S/C12H24/c1-6-8-11-9(3)10(4)12(11,5)7-2/h9-11H,6-8H2,1-5H3. The van der Waals surface area contributed by atoms with Crippen molar-refractivity contribution in [3.05, 3.63) is 0 Å². The summed E-state index contributed by atoms with van der Waals surface area (Å²) in [6, 6.07) is 0. The van der Waals surface area contributed by atoms with Crippen molar-refractivity contribution in [3.63, 3.8) is 0 Å². The van der Waals surface area contributed by atoms with Crippen LogP contribution < -0.4 is 0 Å². The maximum Gasteiger partial charge on any atom is -0.0269 e. The first-order valence-electron chi connectivity index (χ1n) is 5.57. The highest BCUT2D eigenvalue weighted by Gasteiger charge is 2.52. The average Bonchev–Trinajstić information content (AvgIpc) is 2.11. The highest BCUT2D eigenvalue weighted by Crippen LogP contribution is 2.59. The van der Waals surface area contributed by atoms with E-state index in [9.17, 15) is 0 Å². The molecule has 0 saturated heterocycles. The Morgan fingerprint density at radius 3 is 2.17 bits per heavy atom. The first-order valence-corrected chi connectivity index (χ1v) is 5.57. The summed E-state index contributed by atoms with van der Waals surface area (Å²) in [4.78, 5) is 0. The lowest BCUT2D eigenvalue weighted by atomic mass is 9.46. The Balaban J connectivity index is 2.61. The number of rotatable bonds is 3. The number of hydrogen-bond donors (Lipinski definition) is 0. The van der Waals surface area contributed by atoms with Crippen molar-refractivity contribution in [2.75, 3.05) is 0 Å². The van der Waals surface area contributed by atoms with Crippen LogP contribution in [0.3, 0.4) is 0 Å². The summed E-state index contributed by atoms with van der Waals surface area (Å²) in [7, 11) is 0. The van der Waals surface area contributed by atoms with Crippen LogP contribution in [0.25, 0.3) is 0 Å². The SMILES string of the molecule is CCCC1C(C)C(C)C1(C)CC. The molecule has 72 valence electrons. The monoisotopic (exact) mass is 168 g/mol. The zero-order chi connectivity index (χ0) is 9.35. The quantitative estimate of drug-likeness (QED) is 0.595. The molecule has 1 fully saturated rings. The molecule has 4 atom stereocenters. The van der Waals surface area contributed by atoms with Crippen LogP contribution >= 0.6 is 0 Å². The summed E-state index contributed by atoms with van der Waals surface area (Å²) in [5.41, 5.74) is 0.662. The molecule has 0 nitrogen and oxygen atoms in total. The molecule has 0 spiro atoms. The van der Waals surface area contributed by atoms with E-state index in [4.69, 9.17) is 0 Å². The zero-order valence-electron chi connectivity index (χ0n) is 9.35. The van der Waals surface area contributed by atoms with E-state index < -0.39 is 0 Å². The molecule has 0 heterocycles. The Morgan fingerprint density at radius 1 is 1.17 bits per heavy atom. The first kappa shape index (κ1) is 10.1. The lowest BCUT2D eigenvalue weighted by molar-refractivity contribution is -0.0987. The third-order valence-corrected chi connectivity index (χ3v) is 4.67. The molecule has 1 saturated carbocycles. The van der Waals surface area contributed by atoms with Crippen LogP contribution in [0.5, 0.6) is 0 Å². The van der Waals surface area contributed by atoms with Gasteiger partial charge in [-0.15, -0.1) is 0 Å². The molecule has 4 unspecified atom stereocenters. The third-order valence-electron chi connectivity index (χ3n) is 4.67. The molecule has 0 heteroatoms. The van der Waals surface area contributed by atoms with E-state index in [0.29, 0.717) is 5.41 Å². The van der Waals surface area contributed by atoms with Gasteiger partial charge in [-0.05, 0) is 29.6 Å². The molecular weight excluding hydrogens is 144 g/mol. The van der Waals surface area contributed by atoms with E-state index in [1.54, 1.807) is 0 Å². The van der Waals surface area contributed by atoms with Crippen molar-refractivity contribution in [1.29, 1.82) is 0 Å². The number of hydrogen-bond acceptors (Lipinski definition) is 0. The lowest BCUT2D eigenvalue weighted by Crippen LogP contribution is -2.52. The second-order valence-electron chi connectivity index (χ2n) is 4.90. The summed E-state index contributed by atoms with van der Waals surface area (Å²) in [6.07, 6.45) is 4.16. The highest BCUT2D eigenvalue weighted by atomic mass is 14.6.